The Morgan fingerprint density at radius 3 is 2.46 bits per heavy atom. The molecule has 7 nitrogen and oxygen atoms in total. The number of hydrogen-bond donors (Lipinski definition) is 0. The number of piperidine rings is 1. The third kappa shape index (κ3) is 4.52. The van der Waals surface area contributed by atoms with Crippen LogP contribution in [-0.2, 0) is 20.0 Å². The molecule has 1 fully saturated rings. The summed E-state index contributed by atoms with van der Waals surface area (Å²) in [5, 5.41) is 9.43. The molecule has 35 heavy (non-hydrogen) atoms. The van der Waals surface area contributed by atoms with Crippen molar-refractivity contribution in [1.29, 1.82) is 0 Å². The summed E-state index contributed by atoms with van der Waals surface area (Å²) in [6.45, 7) is 8.70. The second kappa shape index (κ2) is 9.38. The Hall–Kier alpha value is -3.32. The number of carbonyl (C=O) groups is 1. The first kappa shape index (κ1) is 23.4. The highest BCUT2D eigenvalue weighted by Gasteiger charge is 2.27. The highest BCUT2D eigenvalue weighted by atomic mass is 16.1. The lowest BCUT2D eigenvalue weighted by Crippen LogP contribution is -2.36. The van der Waals surface area contributed by atoms with Crippen LogP contribution in [0.5, 0.6) is 0 Å². The SMILES string of the molecule is Cc1ccc2c(c1)c(=O)n(C)c1nnc(CN3CCC(C(=O)c4ccc(CC(C)C)cc4)CC3)n21. The van der Waals surface area contributed by atoms with E-state index in [1.54, 1.807) is 11.6 Å². The molecule has 1 aliphatic rings. The number of rotatable bonds is 6. The minimum absolute atomic E-state index is 0.0574. The van der Waals surface area contributed by atoms with Crippen LogP contribution in [0.1, 0.15) is 54.0 Å². The number of Topliss-reactive ketones (excluding diaryl/α,β-unsaturated/α-hetero) is 1. The first-order valence-corrected chi connectivity index (χ1v) is 12.5. The monoisotopic (exact) mass is 471 g/mol. The van der Waals surface area contributed by atoms with Gasteiger partial charge in [-0.05, 0) is 62.9 Å². The van der Waals surface area contributed by atoms with E-state index >= 15 is 0 Å². The van der Waals surface area contributed by atoms with Crippen molar-refractivity contribution in [3.8, 4) is 0 Å². The van der Waals surface area contributed by atoms with Gasteiger partial charge in [0, 0.05) is 18.5 Å². The summed E-state index contributed by atoms with van der Waals surface area (Å²) < 4.78 is 3.56. The number of fused-ring (bicyclic) bond motifs is 3. The molecular formula is C28H33N5O2. The highest BCUT2D eigenvalue weighted by Crippen LogP contribution is 2.24. The predicted octanol–water partition coefficient (Wildman–Crippen LogP) is 4.18. The lowest BCUT2D eigenvalue weighted by Gasteiger charge is -2.30. The minimum Gasteiger partial charge on any atom is -0.296 e. The molecule has 0 atom stereocenters. The maximum absolute atomic E-state index is 13.1. The van der Waals surface area contributed by atoms with E-state index in [2.05, 4.69) is 41.1 Å². The quantitative estimate of drug-likeness (QED) is 0.395. The van der Waals surface area contributed by atoms with Gasteiger partial charge in [0.1, 0.15) is 0 Å². The largest absolute Gasteiger partial charge is 0.296 e. The standard InChI is InChI=1S/C28H33N5O2/c1-18(2)15-20-6-8-21(9-7-20)26(34)22-11-13-32(14-12-22)17-25-29-30-28-31(4)27(35)23-16-19(3)5-10-24(23)33(25)28/h5-10,16,18,22H,11-15,17H2,1-4H3. The van der Waals surface area contributed by atoms with Gasteiger partial charge in [0.15, 0.2) is 11.6 Å². The first-order valence-electron chi connectivity index (χ1n) is 12.5. The van der Waals surface area contributed by atoms with Crippen LogP contribution in [0.3, 0.4) is 0 Å². The second-order valence-corrected chi connectivity index (χ2v) is 10.3. The van der Waals surface area contributed by atoms with E-state index in [1.807, 2.05) is 41.7 Å². The molecule has 0 bridgehead atoms. The predicted molar refractivity (Wildman–Crippen MR) is 138 cm³/mol. The number of likely N-dealkylation sites (tertiary alicyclic amines) is 1. The van der Waals surface area contributed by atoms with E-state index in [-0.39, 0.29) is 17.3 Å². The summed E-state index contributed by atoms with van der Waals surface area (Å²) in [5.41, 5.74) is 3.92. The van der Waals surface area contributed by atoms with E-state index < -0.39 is 0 Å². The molecule has 0 amide bonds. The molecule has 1 saturated heterocycles. The molecule has 4 aromatic rings. The van der Waals surface area contributed by atoms with Gasteiger partial charge in [-0.25, -0.2) is 0 Å². The zero-order valence-corrected chi connectivity index (χ0v) is 21.0. The van der Waals surface area contributed by atoms with Crippen LogP contribution < -0.4 is 5.56 Å². The van der Waals surface area contributed by atoms with Crippen molar-refractivity contribution in [2.45, 2.75) is 46.6 Å². The van der Waals surface area contributed by atoms with Crippen molar-refractivity contribution in [3.05, 3.63) is 75.3 Å². The number of aryl methyl sites for hydroxylation is 2. The first-order chi connectivity index (χ1) is 16.8. The fourth-order valence-corrected chi connectivity index (χ4v) is 5.23. The van der Waals surface area contributed by atoms with E-state index in [9.17, 15) is 9.59 Å². The van der Waals surface area contributed by atoms with Gasteiger partial charge < -0.3 is 0 Å². The van der Waals surface area contributed by atoms with Crippen molar-refractivity contribution in [3.63, 3.8) is 0 Å². The Labute approximate surface area is 205 Å². The minimum atomic E-state index is -0.0632. The molecule has 0 unspecified atom stereocenters. The molecule has 0 N–H and O–H groups in total. The summed E-state index contributed by atoms with van der Waals surface area (Å²) in [4.78, 5) is 28.2. The normalized spacial score (nSPS) is 15.5. The number of hydrogen-bond acceptors (Lipinski definition) is 5. The van der Waals surface area contributed by atoms with Crippen LogP contribution in [0, 0.1) is 18.8 Å². The van der Waals surface area contributed by atoms with Crippen LogP contribution in [0.2, 0.25) is 0 Å². The fourth-order valence-electron chi connectivity index (χ4n) is 5.23. The van der Waals surface area contributed by atoms with Gasteiger partial charge in [0.2, 0.25) is 5.78 Å². The van der Waals surface area contributed by atoms with Gasteiger partial charge in [0.25, 0.3) is 5.56 Å². The summed E-state index contributed by atoms with van der Waals surface area (Å²) in [6.07, 6.45) is 2.71. The topological polar surface area (TPSA) is 72.5 Å². The van der Waals surface area contributed by atoms with E-state index in [0.29, 0.717) is 23.6 Å². The summed E-state index contributed by atoms with van der Waals surface area (Å²) in [5.74, 6) is 2.28. The number of carbonyl (C=O) groups excluding carboxylic acids is 1. The van der Waals surface area contributed by atoms with Crippen molar-refractivity contribution in [1.82, 2.24) is 24.1 Å². The van der Waals surface area contributed by atoms with Crippen LogP contribution in [-0.4, -0.2) is 42.9 Å². The lowest BCUT2D eigenvalue weighted by molar-refractivity contribution is 0.0832. The molecule has 0 radical (unpaired) electrons. The summed E-state index contributed by atoms with van der Waals surface area (Å²) >= 11 is 0. The molecule has 182 valence electrons. The maximum Gasteiger partial charge on any atom is 0.262 e. The average Bonchev–Trinajstić information content (AvgIpc) is 3.26. The van der Waals surface area contributed by atoms with Crippen molar-refractivity contribution in [2.75, 3.05) is 13.1 Å². The number of aromatic nitrogens is 4. The molecular weight excluding hydrogens is 438 g/mol. The molecule has 2 aromatic carbocycles. The van der Waals surface area contributed by atoms with Crippen molar-refractivity contribution >= 4 is 22.5 Å². The molecule has 7 heteroatoms. The third-order valence-electron chi connectivity index (χ3n) is 7.15. The van der Waals surface area contributed by atoms with Crippen LogP contribution >= 0.6 is 0 Å². The van der Waals surface area contributed by atoms with Gasteiger partial charge in [-0.3, -0.25) is 23.5 Å². The van der Waals surface area contributed by atoms with Crippen molar-refractivity contribution in [2.24, 2.45) is 18.9 Å². The zero-order valence-electron chi connectivity index (χ0n) is 21.0. The molecule has 0 aliphatic carbocycles. The molecule has 3 heterocycles. The molecule has 1 aliphatic heterocycles. The van der Waals surface area contributed by atoms with E-state index in [4.69, 9.17) is 0 Å². The Balaban J connectivity index is 1.30. The zero-order chi connectivity index (χ0) is 24.7. The summed E-state index contributed by atoms with van der Waals surface area (Å²) in [7, 11) is 1.74. The van der Waals surface area contributed by atoms with Gasteiger partial charge in [-0.15, -0.1) is 10.2 Å². The van der Waals surface area contributed by atoms with Crippen LogP contribution in [0.15, 0.2) is 47.3 Å². The number of nitrogens with zero attached hydrogens (tertiary/aromatic N) is 5. The maximum atomic E-state index is 13.1. The van der Waals surface area contributed by atoms with Gasteiger partial charge in [-0.2, -0.15) is 0 Å². The Bertz CT molecular complexity index is 1440. The Morgan fingerprint density at radius 2 is 1.77 bits per heavy atom. The molecule has 2 aromatic heterocycles. The van der Waals surface area contributed by atoms with Gasteiger partial charge in [0.05, 0.1) is 17.4 Å². The molecule has 0 spiro atoms. The van der Waals surface area contributed by atoms with E-state index in [0.717, 1.165) is 54.8 Å². The van der Waals surface area contributed by atoms with Crippen LogP contribution in [0.25, 0.3) is 16.7 Å². The smallest absolute Gasteiger partial charge is 0.262 e. The van der Waals surface area contributed by atoms with Gasteiger partial charge in [-0.1, -0.05) is 49.7 Å². The highest BCUT2D eigenvalue weighted by molar-refractivity contribution is 5.98. The van der Waals surface area contributed by atoms with E-state index in [1.165, 1.54) is 5.56 Å². The molecule has 5 rings (SSSR count). The fraction of sp³-hybridized carbons (Fsp3) is 0.429. The van der Waals surface area contributed by atoms with Crippen molar-refractivity contribution < 1.29 is 4.79 Å². The Kier molecular flexibility index (Phi) is 6.28. The summed E-state index contributed by atoms with van der Waals surface area (Å²) in [6, 6.07) is 14.1. The van der Waals surface area contributed by atoms with Crippen LogP contribution in [0.4, 0.5) is 0 Å². The number of benzene rings is 2. The van der Waals surface area contributed by atoms with Gasteiger partial charge >= 0.3 is 0 Å². The second-order valence-electron chi connectivity index (χ2n) is 10.3. The Morgan fingerprint density at radius 1 is 1.06 bits per heavy atom. The lowest BCUT2D eigenvalue weighted by atomic mass is 9.88. The molecule has 0 saturated carbocycles. The third-order valence-corrected chi connectivity index (χ3v) is 7.15. The average molecular weight is 472 g/mol. The number of ketones is 1.